The van der Waals surface area contributed by atoms with Crippen LogP contribution in [0.5, 0.6) is 0 Å². The molecule has 0 saturated carbocycles. The number of nitrogens with one attached hydrogen (secondary N) is 1. The van der Waals surface area contributed by atoms with Gasteiger partial charge in [-0.1, -0.05) is 24.3 Å². The van der Waals surface area contributed by atoms with E-state index in [4.69, 9.17) is 4.74 Å². The molecule has 0 spiro atoms. The highest BCUT2D eigenvalue weighted by Crippen LogP contribution is 2.22. The van der Waals surface area contributed by atoms with E-state index in [-0.39, 0.29) is 31.4 Å². The van der Waals surface area contributed by atoms with Crippen LogP contribution in [-0.2, 0) is 28.0 Å². The third-order valence-electron chi connectivity index (χ3n) is 5.37. The van der Waals surface area contributed by atoms with Crippen LogP contribution in [0.3, 0.4) is 0 Å². The van der Waals surface area contributed by atoms with E-state index in [0.717, 1.165) is 37.1 Å². The maximum atomic E-state index is 12.7. The minimum atomic E-state index is -3.56. The largest absolute Gasteiger partial charge is 0.395 e. The molecule has 3 unspecified atom stereocenters. The van der Waals surface area contributed by atoms with Crippen LogP contribution in [0.25, 0.3) is 0 Å². The van der Waals surface area contributed by atoms with Crippen molar-refractivity contribution in [2.75, 3.05) is 26.2 Å². The van der Waals surface area contributed by atoms with E-state index < -0.39 is 10.2 Å². The number of aliphatic hydroxyl groups is 1. The van der Waals surface area contributed by atoms with E-state index in [0.29, 0.717) is 13.1 Å². The Balaban J connectivity index is 1.65. The summed E-state index contributed by atoms with van der Waals surface area (Å²) >= 11 is 0. The lowest BCUT2D eigenvalue weighted by atomic mass is 10.1. The molecular weight excluding hydrogens is 366 g/mol. The maximum Gasteiger partial charge on any atom is 0.279 e. The molecule has 2 aliphatic heterocycles. The molecule has 27 heavy (non-hydrogen) atoms. The Kier molecular flexibility index (Phi) is 6.88. The van der Waals surface area contributed by atoms with Crippen LogP contribution in [0, 0.1) is 0 Å². The number of aliphatic hydroxyl groups excluding tert-OH is 1. The first-order valence-corrected chi connectivity index (χ1v) is 11.1. The van der Waals surface area contributed by atoms with Crippen molar-refractivity contribution in [3.8, 4) is 0 Å². The predicted octanol–water partition coefficient (Wildman–Crippen LogP) is 1.09. The molecule has 2 fully saturated rings. The van der Waals surface area contributed by atoms with Gasteiger partial charge >= 0.3 is 0 Å². The first-order chi connectivity index (χ1) is 12.9. The molecule has 2 heterocycles. The molecule has 152 valence electrons. The van der Waals surface area contributed by atoms with Crippen LogP contribution in [0.4, 0.5) is 0 Å². The standard InChI is InChI=1S/C19H31N3O4S/c1-15-11-22(12-16(2)26-15)27(24,25)20-10-17-6-3-4-7-18(17)13-21-9-5-8-19(21)14-23/h3-4,6-7,15-16,19-20,23H,5,8-14H2,1-2H3. The lowest BCUT2D eigenvalue weighted by Gasteiger charge is -2.34. The zero-order valence-corrected chi connectivity index (χ0v) is 17.0. The number of hydrogen-bond acceptors (Lipinski definition) is 5. The highest BCUT2D eigenvalue weighted by Gasteiger charge is 2.31. The van der Waals surface area contributed by atoms with Gasteiger partial charge < -0.3 is 9.84 Å². The third kappa shape index (κ3) is 5.28. The van der Waals surface area contributed by atoms with Crippen LogP contribution in [0.2, 0.25) is 0 Å². The second kappa shape index (κ2) is 8.98. The van der Waals surface area contributed by atoms with Crippen molar-refractivity contribution in [2.45, 2.75) is 58.0 Å². The van der Waals surface area contributed by atoms with Gasteiger partial charge in [0, 0.05) is 32.2 Å². The lowest BCUT2D eigenvalue weighted by Crippen LogP contribution is -2.51. The summed E-state index contributed by atoms with van der Waals surface area (Å²) in [5, 5.41) is 9.53. The molecule has 3 atom stereocenters. The summed E-state index contributed by atoms with van der Waals surface area (Å²) < 4.78 is 35.3. The number of likely N-dealkylation sites (tertiary alicyclic amines) is 1. The summed E-state index contributed by atoms with van der Waals surface area (Å²) in [7, 11) is -3.56. The second-order valence-electron chi connectivity index (χ2n) is 7.62. The second-order valence-corrected chi connectivity index (χ2v) is 9.37. The van der Waals surface area contributed by atoms with Gasteiger partial charge in [-0.3, -0.25) is 4.90 Å². The summed E-state index contributed by atoms with van der Waals surface area (Å²) in [6.07, 6.45) is 1.89. The molecule has 2 saturated heterocycles. The summed E-state index contributed by atoms with van der Waals surface area (Å²) in [5.41, 5.74) is 2.07. The van der Waals surface area contributed by atoms with Gasteiger partial charge in [0.2, 0.25) is 0 Å². The Labute approximate surface area is 162 Å². The van der Waals surface area contributed by atoms with E-state index in [1.54, 1.807) is 0 Å². The smallest absolute Gasteiger partial charge is 0.279 e. The number of nitrogens with zero attached hydrogens (tertiary/aromatic N) is 2. The third-order valence-corrected chi connectivity index (χ3v) is 6.86. The maximum absolute atomic E-state index is 12.7. The summed E-state index contributed by atoms with van der Waals surface area (Å²) in [6.45, 7) is 6.64. The average molecular weight is 398 g/mol. The number of ether oxygens (including phenoxy) is 1. The molecule has 8 heteroatoms. The van der Waals surface area contributed by atoms with E-state index >= 15 is 0 Å². The van der Waals surface area contributed by atoms with Crippen molar-refractivity contribution in [1.29, 1.82) is 0 Å². The van der Waals surface area contributed by atoms with Gasteiger partial charge in [0.15, 0.2) is 0 Å². The molecule has 0 radical (unpaired) electrons. The van der Waals surface area contributed by atoms with E-state index in [1.165, 1.54) is 4.31 Å². The fraction of sp³-hybridized carbons (Fsp3) is 0.684. The SMILES string of the molecule is CC1CN(S(=O)(=O)NCc2ccccc2CN2CCCC2CO)CC(C)O1. The highest BCUT2D eigenvalue weighted by molar-refractivity contribution is 7.87. The fourth-order valence-corrected chi connectivity index (χ4v) is 5.33. The van der Waals surface area contributed by atoms with Crippen molar-refractivity contribution in [2.24, 2.45) is 0 Å². The Morgan fingerprint density at radius 1 is 1.19 bits per heavy atom. The van der Waals surface area contributed by atoms with Gasteiger partial charge in [-0.05, 0) is 44.4 Å². The predicted molar refractivity (Wildman–Crippen MR) is 104 cm³/mol. The molecule has 0 aliphatic carbocycles. The molecule has 1 aromatic carbocycles. The zero-order chi connectivity index (χ0) is 19.4. The highest BCUT2D eigenvalue weighted by atomic mass is 32.2. The average Bonchev–Trinajstić information content (AvgIpc) is 3.07. The molecule has 0 amide bonds. The molecule has 1 aromatic rings. The minimum Gasteiger partial charge on any atom is -0.395 e. The molecule has 7 nitrogen and oxygen atoms in total. The molecular formula is C19H31N3O4S. The zero-order valence-electron chi connectivity index (χ0n) is 16.2. The topological polar surface area (TPSA) is 82.1 Å². The summed E-state index contributed by atoms with van der Waals surface area (Å²) in [5.74, 6) is 0. The number of hydrogen-bond donors (Lipinski definition) is 2. The van der Waals surface area contributed by atoms with E-state index in [1.807, 2.05) is 38.1 Å². The van der Waals surface area contributed by atoms with Crippen molar-refractivity contribution in [3.63, 3.8) is 0 Å². The Hall–Kier alpha value is -1.03. The molecule has 0 bridgehead atoms. The molecule has 2 aliphatic rings. The van der Waals surface area contributed by atoms with Crippen LogP contribution in [0.1, 0.15) is 37.8 Å². The van der Waals surface area contributed by atoms with Crippen LogP contribution in [-0.4, -0.2) is 67.2 Å². The Bertz CT molecular complexity index is 717. The molecule has 0 aromatic heterocycles. The monoisotopic (exact) mass is 397 g/mol. The molecule has 3 rings (SSSR count). The quantitative estimate of drug-likeness (QED) is 0.720. The van der Waals surface area contributed by atoms with Crippen molar-refractivity contribution in [3.05, 3.63) is 35.4 Å². The fourth-order valence-electron chi connectivity index (χ4n) is 4.00. The Morgan fingerprint density at radius 2 is 1.85 bits per heavy atom. The molecule has 2 N–H and O–H groups in total. The van der Waals surface area contributed by atoms with E-state index in [9.17, 15) is 13.5 Å². The minimum absolute atomic E-state index is 0.108. The normalized spacial score (nSPS) is 27.9. The van der Waals surface area contributed by atoms with Gasteiger partial charge in [0.25, 0.3) is 10.2 Å². The van der Waals surface area contributed by atoms with Crippen molar-refractivity contribution < 1.29 is 18.3 Å². The van der Waals surface area contributed by atoms with E-state index in [2.05, 4.69) is 9.62 Å². The van der Waals surface area contributed by atoms with Gasteiger partial charge in [-0.25, -0.2) is 0 Å². The first-order valence-electron chi connectivity index (χ1n) is 9.71. The number of morpholine rings is 1. The summed E-state index contributed by atoms with van der Waals surface area (Å²) in [4.78, 5) is 2.28. The summed E-state index contributed by atoms with van der Waals surface area (Å²) in [6, 6.07) is 8.11. The van der Waals surface area contributed by atoms with Gasteiger partial charge in [0.05, 0.1) is 18.8 Å². The lowest BCUT2D eigenvalue weighted by molar-refractivity contribution is -0.0444. The number of benzene rings is 1. The van der Waals surface area contributed by atoms with Crippen LogP contribution >= 0.6 is 0 Å². The van der Waals surface area contributed by atoms with Crippen molar-refractivity contribution >= 4 is 10.2 Å². The van der Waals surface area contributed by atoms with Crippen molar-refractivity contribution in [1.82, 2.24) is 13.9 Å². The number of rotatable bonds is 7. The van der Waals surface area contributed by atoms with Gasteiger partial charge in [-0.15, -0.1) is 0 Å². The van der Waals surface area contributed by atoms with Gasteiger partial charge in [-0.2, -0.15) is 17.4 Å². The first kappa shape index (κ1) is 20.7. The Morgan fingerprint density at radius 3 is 2.52 bits per heavy atom. The van der Waals surface area contributed by atoms with Crippen LogP contribution in [0.15, 0.2) is 24.3 Å². The van der Waals surface area contributed by atoms with Gasteiger partial charge in [0.1, 0.15) is 0 Å². The van der Waals surface area contributed by atoms with Crippen LogP contribution < -0.4 is 4.72 Å².